The van der Waals surface area contributed by atoms with Crippen molar-refractivity contribution in [1.82, 2.24) is 0 Å². The molecule has 6 rings (SSSR count). The number of benzene rings is 5. The van der Waals surface area contributed by atoms with Gasteiger partial charge in [-0.3, -0.25) is 14.4 Å². The first-order chi connectivity index (χ1) is 22.4. The van der Waals surface area contributed by atoms with Crippen LogP contribution in [0.2, 0.25) is 0 Å². The maximum atomic E-state index is 14.5. The summed E-state index contributed by atoms with van der Waals surface area (Å²) in [7, 11) is -2.62. The molecule has 1 aliphatic rings. The number of aryl methyl sites for hydroxylation is 1. The van der Waals surface area contributed by atoms with Crippen LogP contribution in [0.1, 0.15) is 38.8 Å². The van der Waals surface area contributed by atoms with Crippen LogP contribution < -0.4 is 19.3 Å². The van der Waals surface area contributed by atoms with Crippen LogP contribution in [0.25, 0.3) is 0 Å². The molecule has 0 aromatic heterocycles. The van der Waals surface area contributed by atoms with Crippen molar-refractivity contribution in [3.05, 3.63) is 149 Å². The number of carbonyl (C=O) groups excluding carboxylic acids is 1. The van der Waals surface area contributed by atoms with Gasteiger partial charge in [-0.1, -0.05) is 60.2 Å². The minimum absolute atomic E-state index is 0.0757. The molecule has 5 aromatic carbocycles. The van der Waals surface area contributed by atoms with Crippen molar-refractivity contribution in [2.24, 2.45) is 0 Å². The van der Waals surface area contributed by atoms with Crippen LogP contribution in [0.3, 0.4) is 0 Å². The van der Waals surface area contributed by atoms with Crippen molar-refractivity contribution in [3.8, 4) is 5.75 Å². The number of alkyl halides is 3. The Kier molecular flexibility index (Phi) is 8.42. The summed E-state index contributed by atoms with van der Waals surface area (Å²) in [4.78, 5) is 17.6. The highest BCUT2D eigenvalue weighted by atomic mass is 32.2. The van der Waals surface area contributed by atoms with Crippen molar-refractivity contribution in [1.29, 1.82) is 0 Å². The fraction of sp³-hybridized carbons (Fsp3) is 0.139. The quantitative estimate of drug-likeness (QED) is 0.182. The van der Waals surface area contributed by atoms with Gasteiger partial charge in [0.15, 0.2) is 0 Å². The summed E-state index contributed by atoms with van der Waals surface area (Å²) in [6.45, 7) is 2.08. The van der Waals surface area contributed by atoms with Gasteiger partial charge in [-0.15, -0.1) is 0 Å². The van der Waals surface area contributed by atoms with Crippen LogP contribution in [-0.4, -0.2) is 21.4 Å². The Morgan fingerprint density at radius 2 is 1.53 bits per heavy atom. The monoisotopic (exact) mass is 657 g/mol. The number of nitrogens with one attached hydrogen (secondary N) is 1. The first-order valence-corrected chi connectivity index (χ1v) is 16.1. The van der Waals surface area contributed by atoms with E-state index in [1.165, 1.54) is 36.3 Å². The maximum Gasteiger partial charge on any atom is 0.416 e. The van der Waals surface area contributed by atoms with Crippen LogP contribution in [0.4, 0.5) is 30.2 Å². The lowest BCUT2D eigenvalue weighted by atomic mass is 9.98. The van der Waals surface area contributed by atoms with Gasteiger partial charge in [0.05, 0.1) is 28.8 Å². The molecule has 1 aliphatic heterocycles. The molecule has 0 fully saturated rings. The third-order valence-corrected chi connectivity index (χ3v) is 9.32. The summed E-state index contributed by atoms with van der Waals surface area (Å²) in [5.74, 6) is -0.0600. The lowest BCUT2D eigenvalue weighted by molar-refractivity contribution is -0.137. The molecule has 5 aromatic rings. The van der Waals surface area contributed by atoms with Crippen molar-refractivity contribution in [2.75, 3.05) is 21.6 Å². The lowest BCUT2D eigenvalue weighted by Crippen LogP contribution is -2.49. The van der Waals surface area contributed by atoms with E-state index in [4.69, 9.17) is 4.74 Å². The van der Waals surface area contributed by atoms with E-state index in [9.17, 15) is 26.4 Å². The molecule has 1 N–H and O–H groups in total. The second-order valence-electron chi connectivity index (χ2n) is 11.1. The Morgan fingerprint density at radius 3 is 2.19 bits per heavy atom. The zero-order valence-electron chi connectivity index (χ0n) is 25.4. The Bertz CT molecular complexity index is 2020. The first-order valence-electron chi connectivity index (χ1n) is 14.6. The molecular formula is C36H30F3N3O4S. The lowest BCUT2D eigenvalue weighted by Gasteiger charge is -2.46. The molecule has 0 radical (unpaired) electrons. The summed E-state index contributed by atoms with van der Waals surface area (Å²) in [6.07, 6.45) is -5.64. The Labute approximate surface area is 270 Å². The summed E-state index contributed by atoms with van der Waals surface area (Å²) >= 11 is 0. The Balaban J connectivity index is 1.54. The minimum atomic E-state index is -4.62. The minimum Gasteiger partial charge on any atom is -0.497 e. The van der Waals surface area contributed by atoms with E-state index in [2.05, 4.69) is 4.72 Å². The van der Waals surface area contributed by atoms with Crippen LogP contribution >= 0.6 is 0 Å². The number of hydrogen-bond acceptors (Lipinski definition) is 5. The molecule has 0 saturated carbocycles. The highest BCUT2D eigenvalue weighted by molar-refractivity contribution is 7.92. The molecule has 0 spiro atoms. The number of methoxy groups -OCH3 is 1. The second kappa shape index (κ2) is 12.5. The molecule has 0 unspecified atom stereocenters. The van der Waals surface area contributed by atoms with Crippen molar-refractivity contribution < 1.29 is 31.1 Å². The number of sulfonamides is 1. The van der Waals surface area contributed by atoms with Crippen LogP contribution in [0.15, 0.2) is 126 Å². The fourth-order valence-corrected chi connectivity index (χ4v) is 6.69. The summed E-state index contributed by atoms with van der Waals surface area (Å²) in [6, 6.07) is 31.8. The number of ether oxygens (including phenoxy) is 1. The summed E-state index contributed by atoms with van der Waals surface area (Å²) in [5, 5.41) is 0. The molecule has 1 heterocycles. The molecule has 11 heteroatoms. The summed E-state index contributed by atoms with van der Waals surface area (Å²) < 4.78 is 76.8. The molecule has 0 bridgehead atoms. The molecule has 7 nitrogen and oxygen atoms in total. The largest absolute Gasteiger partial charge is 0.497 e. The van der Waals surface area contributed by atoms with Gasteiger partial charge in [-0.05, 0) is 84.8 Å². The van der Waals surface area contributed by atoms with E-state index in [0.717, 1.165) is 23.3 Å². The van der Waals surface area contributed by atoms with Crippen LogP contribution in [0, 0.1) is 6.92 Å². The highest BCUT2D eigenvalue weighted by Crippen LogP contribution is 2.44. The van der Waals surface area contributed by atoms with Crippen molar-refractivity contribution in [2.45, 2.75) is 30.7 Å². The smallest absolute Gasteiger partial charge is 0.416 e. The number of nitrogens with zero attached hydrogens (tertiary/aromatic N) is 2. The van der Waals surface area contributed by atoms with E-state index in [1.54, 1.807) is 54.6 Å². The third kappa shape index (κ3) is 6.52. The SMILES string of the molecule is COc1ccc(N2C(=O)c3cc(S(=O)(=O)Nc4ccc(C)cc4)ccc3N(Cc3ccccc3)[C@@H]2c2cccc(C(F)(F)F)c2)cc1. The van der Waals surface area contributed by atoms with E-state index in [0.29, 0.717) is 22.8 Å². The van der Waals surface area contributed by atoms with Crippen molar-refractivity contribution in [3.63, 3.8) is 0 Å². The molecular weight excluding hydrogens is 627 g/mol. The average Bonchev–Trinajstić information content (AvgIpc) is 3.07. The van der Waals surface area contributed by atoms with Crippen molar-refractivity contribution >= 4 is 33.0 Å². The van der Waals surface area contributed by atoms with Gasteiger partial charge in [0.1, 0.15) is 11.9 Å². The van der Waals surface area contributed by atoms with Crippen LogP contribution in [-0.2, 0) is 22.7 Å². The van der Waals surface area contributed by atoms with Gasteiger partial charge in [0, 0.05) is 17.9 Å². The number of fused-ring (bicyclic) bond motifs is 1. The number of anilines is 3. The third-order valence-electron chi connectivity index (χ3n) is 7.94. The summed E-state index contributed by atoms with van der Waals surface area (Å²) in [5.41, 5.74) is 2.35. The molecule has 0 aliphatic carbocycles. The fourth-order valence-electron chi connectivity index (χ4n) is 5.61. The van der Waals surface area contributed by atoms with Gasteiger partial charge < -0.3 is 9.64 Å². The van der Waals surface area contributed by atoms with Gasteiger partial charge >= 0.3 is 6.18 Å². The normalized spacial score (nSPS) is 14.9. The van der Waals surface area contributed by atoms with Gasteiger partial charge in [-0.25, -0.2) is 8.42 Å². The zero-order chi connectivity index (χ0) is 33.3. The second-order valence-corrected chi connectivity index (χ2v) is 12.8. The van der Waals surface area contributed by atoms with Gasteiger partial charge in [0.2, 0.25) is 0 Å². The average molecular weight is 658 g/mol. The first kappa shape index (κ1) is 31.7. The Hall–Kier alpha value is -5.29. The van der Waals surface area contributed by atoms with Gasteiger partial charge in [0.25, 0.3) is 15.9 Å². The predicted molar refractivity (Wildman–Crippen MR) is 175 cm³/mol. The molecule has 240 valence electrons. The maximum absolute atomic E-state index is 14.5. The topological polar surface area (TPSA) is 78.9 Å². The molecule has 1 amide bonds. The number of amides is 1. The standard InChI is InChI=1S/C36H30F3N3O4S/c1-24-11-13-28(14-12-24)40-47(44,45)31-19-20-33-32(22-31)35(43)42(29-15-17-30(46-2)18-16-29)34(41(33)23-25-7-4-3-5-8-25)26-9-6-10-27(21-26)36(37,38)39/h3-22,34,40H,23H2,1-2H3/t34-/m0/s1. The van der Waals surface area contributed by atoms with E-state index < -0.39 is 33.8 Å². The number of rotatable bonds is 8. The van der Waals surface area contributed by atoms with E-state index in [1.807, 2.05) is 42.2 Å². The van der Waals surface area contributed by atoms with E-state index in [-0.39, 0.29) is 22.6 Å². The molecule has 0 saturated heterocycles. The molecule has 1 atom stereocenters. The zero-order valence-corrected chi connectivity index (χ0v) is 26.2. The Morgan fingerprint density at radius 1 is 0.830 bits per heavy atom. The molecule has 47 heavy (non-hydrogen) atoms. The number of hydrogen-bond donors (Lipinski definition) is 1. The number of halogens is 3. The van der Waals surface area contributed by atoms with E-state index >= 15 is 0 Å². The predicted octanol–water partition coefficient (Wildman–Crippen LogP) is 8.19. The number of carbonyl (C=O) groups is 1. The van der Waals surface area contributed by atoms with Crippen LogP contribution in [0.5, 0.6) is 5.75 Å². The van der Waals surface area contributed by atoms with Gasteiger partial charge in [-0.2, -0.15) is 13.2 Å². The highest BCUT2D eigenvalue weighted by Gasteiger charge is 2.41.